The van der Waals surface area contributed by atoms with Crippen LogP contribution in [0.1, 0.15) is 40.4 Å². The van der Waals surface area contributed by atoms with Gasteiger partial charge in [-0.25, -0.2) is 14.4 Å². The summed E-state index contributed by atoms with van der Waals surface area (Å²) in [5.41, 5.74) is 3.30. The molecule has 0 spiro atoms. The van der Waals surface area contributed by atoms with Gasteiger partial charge in [-0.05, 0) is 49.6 Å². The molecule has 2 aromatic carbocycles. The number of benzene rings is 2. The lowest BCUT2D eigenvalue weighted by Gasteiger charge is -2.33. The Kier molecular flexibility index (Phi) is 5.15. The number of nitrogens with zero attached hydrogens (tertiary/aromatic N) is 3. The van der Waals surface area contributed by atoms with E-state index in [0.29, 0.717) is 17.9 Å². The van der Waals surface area contributed by atoms with E-state index in [9.17, 15) is 9.18 Å². The van der Waals surface area contributed by atoms with Crippen molar-refractivity contribution in [1.82, 2.24) is 14.9 Å². The van der Waals surface area contributed by atoms with E-state index in [1.54, 1.807) is 18.3 Å². The number of hydrogen-bond acceptors (Lipinski definition) is 3. The first-order chi connectivity index (χ1) is 13.6. The van der Waals surface area contributed by atoms with Crippen LogP contribution in [0.4, 0.5) is 4.39 Å². The first kappa shape index (κ1) is 18.3. The Morgan fingerprint density at radius 2 is 2.00 bits per heavy atom. The lowest BCUT2D eigenvalue weighted by Crippen LogP contribution is -2.39. The third kappa shape index (κ3) is 3.79. The van der Waals surface area contributed by atoms with Gasteiger partial charge in [-0.1, -0.05) is 30.3 Å². The highest BCUT2D eigenvalue weighted by atomic mass is 19.1. The quantitative estimate of drug-likeness (QED) is 0.671. The molecule has 0 bridgehead atoms. The zero-order chi connectivity index (χ0) is 19.5. The third-order valence-corrected chi connectivity index (χ3v) is 5.26. The number of aryl methyl sites for hydroxylation is 1. The summed E-state index contributed by atoms with van der Waals surface area (Å²) in [6.45, 7) is 3.35. The first-order valence-electron chi connectivity index (χ1n) is 9.55. The van der Waals surface area contributed by atoms with Crippen LogP contribution < -0.4 is 0 Å². The van der Waals surface area contributed by atoms with Crippen LogP contribution in [0, 0.1) is 12.7 Å². The summed E-state index contributed by atoms with van der Waals surface area (Å²) >= 11 is 0. The maximum absolute atomic E-state index is 13.5. The van der Waals surface area contributed by atoms with E-state index < -0.39 is 0 Å². The zero-order valence-electron chi connectivity index (χ0n) is 15.8. The summed E-state index contributed by atoms with van der Waals surface area (Å²) in [5, 5.41) is 0. The highest BCUT2D eigenvalue weighted by Gasteiger charge is 2.27. The predicted molar refractivity (Wildman–Crippen MR) is 106 cm³/mol. The number of aromatic nitrogens is 2. The van der Waals surface area contributed by atoms with Crippen molar-refractivity contribution in [3.63, 3.8) is 0 Å². The molecule has 142 valence electrons. The van der Waals surface area contributed by atoms with Crippen molar-refractivity contribution in [3.05, 3.63) is 83.4 Å². The molecule has 0 saturated carbocycles. The molecule has 0 aliphatic carbocycles. The summed E-state index contributed by atoms with van der Waals surface area (Å²) in [5.74, 6) is 0.428. The van der Waals surface area contributed by atoms with Gasteiger partial charge in [0.05, 0.1) is 0 Å². The van der Waals surface area contributed by atoms with Crippen LogP contribution in [0.25, 0.3) is 11.4 Å². The fourth-order valence-corrected chi connectivity index (χ4v) is 3.75. The van der Waals surface area contributed by atoms with Crippen LogP contribution in [0.5, 0.6) is 0 Å². The summed E-state index contributed by atoms with van der Waals surface area (Å²) in [6, 6.07) is 15.9. The van der Waals surface area contributed by atoms with E-state index in [1.807, 2.05) is 42.2 Å². The van der Waals surface area contributed by atoms with Gasteiger partial charge >= 0.3 is 0 Å². The van der Waals surface area contributed by atoms with Gasteiger partial charge < -0.3 is 4.90 Å². The van der Waals surface area contributed by atoms with Crippen LogP contribution in [0.15, 0.2) is 60.8 Å². The molecule has 1 aliphatic heterocycles. The number of likely N-dealkylation sites (tertiary alicyclic amines) is 1. The van der Waals surface area contributed by atoms with E-state index in [0.717, 1.165) is 36.2 Å². The average molecular weight is 375 g/mol. The minimum atomic E-state index is -0.306. The summed E-state index contributed by atoms with van der Waals surface area (Å²) in [6.07, 6.45) is 3.61. The van der Waals surface area contributed by atoms with Gasteiger partial charge in [0.1, 0.15) is 5.82 Å². The molecule has 1 aliphatic rings. The molecule has 1 amide bonds. The molecule has 1 saturated heterocycles. The molecule has 1 fully saturated rings. The topological polar surface area (TPSA) is 46.1 Å². The standard InChI is InChI=1S/C23H22FN3O/c1-16-6-2-3-10-20(16)23(28)27-13-5-8-18(15-27)21-11-12-25-22(26-21)17-7-4-9-19(24)14-17/h2-4,6-7,9-12,14,18H,5,8,13,15H2,1H3/t18-/m1/s1. The van der Waals surface area contributed by atoms with Crippen molar-refractivity contribution < 1.29 is 9.18 Å². The highest BCUT2D eigenvalue weighted by Crippen LogP contribution is 2.28. The van der Waals surface area contributed by atoms with E-state index in [-0.39, 0.29) is 17.6 Å². The molecule has 4 rings (SSSR count). The Hall–Kier alpha value is -3.08. The third-order valence-electron chi connectivity index (χ3n) is 5.26. The number of carbonyl (C=O) groups is 1. The average Bonchev–Trinajstić information content (AvgIpc) is 2.74. The number of rotatable bonds is 3. The molecule has 4 nitrogen and oxygen atoms in total. The highest BCUT2D eigenvalue weighted by molar-refractivity contribution is 5.95. The lowest BCUT2D eigenvalue weighted by atomic mass is 9.93. The smallest absolute Gasteiger partial charge is 0.254 e. The van der Waals surface area contributed by atoms with Crippen LogP contribution in [-0.2, 0) is 0 Å². The normalized spacial score (nSPS) is 16.8. The number of halogens is 1. The van der Waals surface area contributed by atoms with E-state index >= 15 is 0 Å². The number of amides is 1. The van der Waals surface area contributed by atoms with Gasteiger partial charge in [-0.2, -0.15) is 0 Å². The number of carbonyl (C=O) groups excluding carboxylic acids is 1. The predicted octanol–water partition coefficient (Wildman–Crippen LogP) is 4.61. The molecule has 28 heavy (non-hydrogen) atoms. The second-order valence-electron chi connectivity index (χ2n) is 7.22. The zero-order valence-corrected chi connectivity index (χ0v) is 15.8. The lowest BCUT2D eigenvalue weighted by molar-refractivity contribution is 0.0705. The molecule has 0 N–H and O–H groups in total. The van der Waals surface area contributed by atoms with Gasteiger partial charge in [0.25, 0.3) is 5.91 Å². The maximum atomic E-state index is 13.5. The number of hydrogen-bond donors (Lipinski definition) is 0. The summed E-state index contributed by atoms with van der Waals surface area (Å²) in [4.78, 5) is 23.9. The van der Waals surface area contributed by atoms with Crippen molar-refractivity contribution in [3.8, 4) is 11.4 Å². The molecular weight excluding hydrogens is 353 g/mol. The Labute approximate surface area is 164 Å². The van der Waals surface area contributed by atoms with Crippen LogP contribution in [0.2, 0.25) is 0 Å². The van der Waals surface area contributed by atoms with Crippen LogP contribution in [0.3, 0.4) is 0 Å². The van der Waals surface area contributed by atoms with E-state index in [1.165, 1.54) is 12.1 Å². The summed E-state index contributed by atoms with van der Waals surface area (Å²) in [7, 11) is 0. The molecule has 1 aromatic heterocycles. The monoisotopic (exact) mass is 375 g/mol. The van der Waals surface area contributed by atoms with Gasteiger partial charge in [-0.15, -0.1) is 0 Å². The van der Waals surface area contributed by atoms with Crippen LogP contribution >= 0.6 is 0 Å². The van der Waals surface area contributed by atoms with E-state index in [4.69, 9.17) is 0 Å². The van der Waals surface area contributed by atoms with Crippen molar-refractivity contribution >= 4 is 5.91 Å². The van der Waals surface area contributed by atoms with Crippen LogP contribution in [-0.4, -0.2) is 33.9 Å². The Bertz CT molecular complexity index is 1000. The Balaban J connectivity index is 1.56. The minimum Gasteiger partial charge on any atom is -0.338 e. The Morgan fingerprint density at radius 1 is 1.14 bits per heavy atom. The molecule has 0 unspecified atom stereocenters. The van der Waals surface area contributed by atoms with Crippen molar-refractivity contribution in [2.45, 2.75) is 25.7 Å². The van der Waals surface area contributed by atoms with Crippen molar-refractivity contribution in [2.75, 3.05) is 13.1 Å². The minimum absolute atomic E-state index is 0.0715. The molecule has 1 atom stereocenters. The maximum Gasteiger partial charge on any atom is 0.254 e. The SMILES string of the molecule is Cc1ccccc1C(=O)N1CCC[C@@H](c2ccnc(-c3cccc(F)c3)n2)C1. The first-order valence-corrected chi connectivity index (χ1v) is 9.55. The Morgan fingerprint density at radius 3 is 2.82 bits per heavy atom. The van der Waals surface area contributed by atoms with Gasteiger partial charge in [0, 0.05) is 42.0 Å². The molecule has 5 heteroatoms. The molecular formula is C23H22FN3O. The van der Waals surface area contributed by atoms with E-state index in [2.05, 4.69) is 9.97 Å². The van der Waals surface area contributed by atoms with Gasteiger partial charge in [0.15, 0.2) is 5.82 Å². The second-order valence-corrected chi connectivity index (χ2v) is 7.22. The van der Waals surface area contributed by atoms with Crippen molar-refractivity contribution in [1.29, 1.82) is 0 Å². The van der Waals surface area contributed by atoms with Gasteiger partial charge in [0.2, 0.25) is 0 Å². The van der Waals surface area contributed by atoms with Crippen molar-refractivity contribution in [2.24, 2.45) is 0 Å². The second kappa shape index (κ2) is 7.89. The number of piperidine rings is 1. The summed E-state index contributed by atoms with van der Waals surface area (Å²) < 4.78 is 13.5. The molecule has 0 radical (unpaired) electrons. The molecule has 2 heterocycles. The fourth-order valence-electron chi connectivity index (χ4n) is 3.75. The fraction of sp³-hybridized carbons (Fsp3) is 0.261. The molecule has 3 aromatic rings. The van der Waals surface area contributed by atoms with Gasteiger partial charge in [-0.3, -0.25) is 4.79 Å². The largest absolute Gasteiger partial charge is 0.338 e.